The van der Waals surface area contributed by atoms with Crippen LogP contribution in [-0.4, -0.2) is 6.10 Å². The SMILES string of the molecule is Cc1ccc(C(NN)c2cccc(OC(C)C)c2)cc1Br. The van der Waals surface area contributed by atoms with Gasteiger partial charge in [-0.1, -0.05) is 40.2 Å². The fourth-order valence-electron chi connectivity index (χ4n) is 2.21. The largest absolute Gasteiger partial charge is 0.491 e. The maximum absolute atomic E-state index is 5.77. The Balaban J connectivity index is 2.34. The van der Waals surface area contributed by atoms with Gasteiger partial charge in [0, 0.05) is 4.47 Å². The van der Waals surface area contributed by atoms with Crippen molar-refractivity contribution >= 4 is 15.9 Å². The molecule has 2 rings (SSSR count). The van der Waals surface area contributed by atoms with E-state index in [9.17, 15) is 0 Å². The monoisotopic (exact) mass is 348 g/mol. The Kier molecular flexibility index (Phi) is 5.39. The molecule has 1 atom stereocenters. The van der Waals surface area contributed by atoms with Crippen LogP contribution in [0.2, 0.25) is 0 Å². The van der Waals surface area contributed by atoms with E-state index in [-0.39, 0.29) is 12.1 Å². The number of aryl methyl sites for hydroxylation is 1. The highest BCUT2D eigenvalue weighted by molar-refractivity contribution is 9.10. The number of ether oxygens (including phenoxy) is 1. The van der Waals surface area contributed by atoms with E-state index in [4.69, 9.17) is 10.6 Å². The first kappa shape index (κ1) is 16.0. The smallest absolute Gasteiger partial charge is 0.120 e. The quantitative estimate of drug-likeness (QED) is 0.631. The Hall–Kier alpha value is -1.36. The fraction of sp³-hybridized carbons (Fsp3) is 0.294. The summed E-state index contributed by atoms with van der Waals surface area (Å²) in [6, 6.07) is 14.2. The van der Waals surface area contributed by atoms with Crippen molar-refractivity contribution in [1.82, 2.24) is 5.43 Å². The van der Waals surface area contributed by atoms with Crippen LogP contribution in [0.5, 0.6) is 5.75 Å². The van der Waals surface area contributed by atoms with Crippen molar-refractivity contribution in [3.05, 3.63) is 63.6 Å². The minimum atomic E-state index is -0.0717. The molecule has 112 valence electrons. The molecule has 0 aromatic heterocycles. The lowest BCUT2D eigenvalue weighted by atomic mass is 9.98. The minimum Gasteiger partial charge on any atom is -0.491 e. The molecule has 4 heteroatoms. The van der Waals surface area contributed by atoms with E-state index >= 15 is 0 Å². The van der Waals surface area contributed by atoms with E-state index in [1.165, 1.54) is 5.56 Å². The molecule has 2 aromatic rings. The van der Waals surface area contributed by atoms with Gasteiger partial charge in [0.05, 0.1) is 12.1 Å². The van der Waals surface area contributed by atoms with Crippen molar-refractivity contribution in [3.8, 4) is 5.75 Å². The number of nitrogens with two attached hydrogens (primary N) is 1. The predicted molar refractivity (Wildman–Crippen MR) is 90.3 cm³/mol. The number of halogens is 1. The molecular weight excluding hydrogens is 328 g/mol. The van der Waals surface area contributed by atoms with Crippen LogP contribution < -0.4 is 16.0 Å². The average molecular weight is 349 g/mol. The van der Waals surface area contributed by atoms with E-state index in [0.29, 0.717) is 0 Å². The zero-order chi connectivity index (χ0) is 15.4. The van der Waals surface area contributed by atoms with Gasteiger partial charge in [-0.3, -0.25) is 5.84 Å². The lowest BCUT2D eigenvalue weighted by molar-refractivity contribution is 0.242. The summed E-state index contributed by atoms with van der Waals surface area (Å²) in [5, 5.41) is 0. The van der Waals surface area contributed by atoms with Gasteiger partial charge < -0.3 is 4.74 Å². The van der Waals surface area contributed by atoms with Crippen LogP contribution >= 0.6 is 15.9 Å². The van der Waals surface area contributed by atoms with Gasteiger partial charge in [-0.05, 0) is 55.7 Å². The lowest BCUT2D eigenvalue weighted by Gasteiger charge is -2.19. The summed E-state index contributed by atoms with van der Waals surface area (Å²) in [4.78, 5) is 0. The number of hydrogen-bond acceptors (Lipinski definition) is 3. The predicted octanol–water partition coefficient (Wildman–Crippen LogP) is 4.10. The molecule has 0 aliphatic rings. The summed E-state index contributed by atoms with van der Waals surface area (Å²) < 4.78 is 6.83. The maximum Gasteiger partial charge on any atom is 0.120 e. The number of nitrogens with one attached hydrogen (secondary N) is 1. The van der Waals surface area contributed by atoms with Gasteiger partial charge in [0.2, 0.25) is 0 Å². The molecule has 0 heterocycles. The van der Waals surface area contributed by atoms with Crippen molar-refractivity contribution < 1.29 is 4.74 Å². The molecule has 0 spiro atoms. The van der Waals surface area contributed by atoms with Gasteiger partial charge in [-0.2, -0.15) is 0 Å². The molecule has 1 unspecified atom stereocenters. The Bertz CT molecular complexity index is 613. The molecule has 2 aromatic carbocycles. The standard InChI is InChI=1S/C17H21BrN2O/c1-11(2)21-15-6-4-5-13(9-15)17(20-19)14-8-7-12(3)16(18)10-14/h4-11,17,20H,19H2,1-3H3. The first-order valence-electron chi connectivity index (χ1n) is 7.00. The molecule has 3 nitrogen and oxygen atoms in total. The summed E-state index contributed by atoms with van der Waals surface area (Å²) in [6.07, 6.45) is 0.151. The zero-order valence-corrected chi connectivity index (χ0v) is 14.1. The van der Waals surface area contributed by atoms with Crippen LogP contribution in [0, 0.1) is 6.92 Å². The van der Waals surface area contributed by atoms with E-state index in [2.05, 4.69) is 46.5 Å². The van der Waals surface area contributed by atoms with Crippen molar-refractivity contribution in [2.75, 3.05) is 0 Å². The van der Waals surface area contributed by atoms with Gasteiger partial charge >= 0.3 is 0 Å². The highest BCUT2D eigenvalue weighted by atomic mass is 79.9. The summed E-state index contributed by atoms with van der Waals surface area (Å²) in [6.45, 7) is 6.10. The van der Waals surface area contributed by atoms with Crippen LogP contribution in [0.3, 0.4) is 0 Å². The van der Waals surface area contributed by atoms with E-state index in [0.717, 1.165) is 21.3 Å². The highest BCUT2D eigenvalue weighted by Gasteiger charge is 2.14. The summed E-state index contributed by atoms with van der Waals surface area (Å²) in [5.74, 6) is 6.63. The first-order chi connectivity index (χ1) is 10.0. The Morgan fingerprint density at radius 2 is 1.81 bits per heavy atom. The minimum absolute atomic E-state index is 0.0717. The van der Waals surface area contributed by atoms with Crippen molar-refractivity contribution in [2.24, 2.45) is 5.84 Å². The summed E-state index contributed by atoms with van der Waals surface area (Å²) in [7, 11) is 0. The number of benzene rings is 2. The molecule has 0 radical (unpaired) electrons. The molecule has 0 aliphatic heterocycles. The molecule has 0 amide bonds. The number of rotatable bonds is 5. The van der Waals surface area contributed by atoms with Gasteiger partial charge in [-0.15, -0.1) is 0 Å². The third-order valence-electron chi connectivity index (χ3n) is 3.26. The molecule has 3 N–H and O–H groups in total. The van der Waals surface area contributed by atoms with E-state index in [1.807, 2.05) is 38.1 Å². The normalized spacial score (nSPS) is 12.5. The maximum atomic E-state index is 5.77. The Labute approximate surface area is 134 Å². The summed E-state index contributed by atoms with van der Waals surface area (Å²) in [5.41, 5.74) is 6.27. The van der Waals surface area contributed by atoms with Crippen molar-refractivity contribution in [1.29, 1.82) is 0 Å². The summed E-state index contributed by atoms with van der Waals surface area (Å²) >= 11 is 3.57. The van der Waals surface area contributed by atoms with Crippen LogP contribution in [-0.2, 0) is 0 Å². The van der Waals surface area contributed by atoms with Crippen molar-refractivity contribution in [3.63, 3.8) is 0 Å². The second-order valence-electron chi connectivity index (χ2n) is 5.35. The topological polar surface area (TPSA) is 47.3 Å². The average Bonchev–Trinajstić information content (AvgIpc) is 2.43. The van der Waals surface area contributed by atoms with Crippen molar-refractivity contribution in [2.45, 2.75) is 32.9 Å². The molecule has 21 heavy (non-hydrogen) atoms. The lowest BCUT2D eigenvalue weighted by Crippen LogP contribution is -2.28. The first-order valence-corrected chi connectivity index (χ1v) is 7.79. The van der Waals surface area contributed by atoms with Gasteiger partial charge in [-0.25, -0.2) is 5.43 Å². The third kappa shape index (κ3) is 4.06. The second-order valence-corrected chi connectivity index (χ2v) is 6.20. The number of hydrogen-bond donors (Lipinski definition) is 2. The van der Waals surface area contributed by atoms with E-state index < -0.39 is 0 Å². The van der Waals surface area contributed by atoms with Gasteiger partial charge in [0.15, 0.2) is 0 Å². The zero-order valence-electron chi connectivity index (χ0n) is 12.6. The molecule has 0 aliphatic carbocycles. The molecule has 0 saturated carbocycles. The van der Waals surface area contributed by atoms with Crippen LogP contribution in [0.15, 0.2) is 46.9 Å². The molecule has 0 bridgehead atoms. The number of hydrazine groups is 1. The molecule has 0 saturated heterocycles. The van der Waals surface area contributed by atoms with Crippen LogP contribution in [0.4, 0.5) is 0 Å². The highest BCUT2D eigenvalue weighted by Crippen LogP contribution is 2.28. The Morgan fingerprint density at radius 3 is 2.43 bits per heavy atom. The third-order valence-corrected chi connectivity index (χ3v) is 4.11. The fourth-order valence-corrected chi connectivity index (χ4v) is 2.61. The molecule has 0 fully saturated rings. The Morgan fingerprint density at radius 1 is 1.10 bits per heavy atom. The van der Waals surface area contributed by atoms with Crippen LogP contribution in [0.1, 0.15) is 36.6 Å². The van der Waals surface area contributed by atoms with Crippen LogP contribution in [0.25, 0.3) is 0 Å². The molecular formula is C17H21BrN2O. The van der Waals surface area contributed by atoms with Gasteiger partial charge in [0.1, 0.15) is 5.75 Å². The van der Waals surface area contributed by atoms with E-state index in [1.54, 1.807) is 0 Å². The van der Waals surface area contributed by atoms with Gasteiger partial charge in [0.25, 0.3) is 0 Å². The second kappa shape index (κ2) is 7.07.